The first-order valence-corrected chi connectivity index (χ1v) is 9.33. The molecular weight excluding hydrogens is 342 g/mol. The predicted octanol–water partition coefficient (Wildman–Crippen LogP) is 2.17. The maximum Gasteiger partial charge on any atom is 0.263 e. The van der Waals surface area contributed by atoms with Crippen molar-refractivity contribution in [3.8, 4) is 0 Å². The predicted molar refractivity (Wildman–Crippen MR) is 105 cm³/mol. The van der Waals surface area contributed by atoms with Gasteiger partial charge in [0, 0.05) is 38.6 Å². The Morgan fingerprint density at radius 3 is 2.74 bits per heavy atom. The molecule has 1 atom stereocenters. The normalized spacial score (nSPS) is 16.1. The van der Waals surface area contributed by atoms with Crippen LogP contribution < -0.4 is 15.8 Å². The minimum atomic E-state index is -0.347. The molecule has 0 unspecified atom stereocenters. The zero-order chi connectivity index (χ0) is 19.7. The van der Waals surface area contributed by atoms with Gasteiger partial charge in [0.15, 0.2) is 0 Å². The zero-order valence-electron chi connectivity index (χ0n) is 16.6. The number of nitrogens with zero attached hydrogens (tertiary/aromatic N) is 4. The van der Waals surface area contributed by atoms with Gasteiger partial charge in [-0.3, -0.25) is 9.59 Å². The molecule has 2 aromatic heterocycles. The van der Waals surface area contributed by atoms with Crippen LogP contribution in [-0.4, -0.2) is 34.5 Å². The SMILES string of the molecule is CC(C)c1ccc(C(=O)N[C@@H]2CCCc3nc(N(C)C)ncc32)c(=O)n1C. The molecular formula is C20H27N5O2. The number of hydrogen-bond donors (Lipinski definition) is 1. The lowest BCUT2D eigenvalue weighted by Crippen LogP contribution is -2.36. The third-order valence-corrected chi connectivity index (χ3v) is 5.05. The van der Waals surface area contributed by atoms with Gasteiger partial charge in [-0.15, -0.1) is 0 Å². The van der Waals surface area contributed by atoms with E-state index in [9.17, 15) is 9.59 Å². The van der Waals surface area contributed by atoms with Crippen LogP contribution in [0.3, 0.4) is 0 Å². The summed E-state index contributed by atoms with van der Waals surface area (Å²) >= 11 is 0. The van der Waals surface area contributed by atoms with E-state index in [0.717, 1.165) is 36.2 Å². The molecule has 0 aliphatic heterocycles. The van der Waals surface area contributed by atoms with Gasteiger partial charge in [0.1, 0.15) is 5.56 Å². The fraction of sp³-hybridized carbons (Fsp3) is 0.500. The summed E-state index contributed by atoms with van der Waals surface area (Å²) in [4.78, 5) is 36.2. The minimum Gasteiger partial charge on any atom is -0.347 e. The highest BCUT2D eigenvalue weighted by molar-refractivity contribution is 5.94. The van der Waals surface area contributed by atoms with Gasteiger partial charge < -0.3 is 14.8 Å². The third kappa shape index (κ3) is 3.72. The van der Waals surface area contributed by atoms with E-state index < -0.39 is 0 Å². The van der Waals surface area contributed by atoms with Crippen LogP contribution in [0.25, 0.3) is 0 Å². The quantitative estimate of drug-likeness (QED) is 0.893. The number of aromatic nitrogens is 3. The molecule has 144 valence electrons. The summed E-state index contributed by atoms with van der Waals surface area (Å²) in [6.45, 7) is 4.05. The number of carbonyl (C=O) groups excluding carboxylic acids is 1. The van der Waals surface area contributed by atoms with Crippen LogP contribution in [-0.2, 0) is 13.5 Å². The summed E-state index contributed by atoms with van der Waals surface area (Å²) in [6, 6.07) is 3.30. The Labute approximate surface area is 159 Å². The average Bonchev–Trinajstić information content (AvgIpc) is 2.63. The third-order valence-electron chi connectivity index (χ3n) is 5.05. The van der Waals surface area contributed by atoms with E-state index >= 15 is 0 Å². The lowest BCUT2D eigenvalue weighted by Gasteiger charge is -2.26. The zero-order valence-corrected chi connectivity index (χ0v) is 16.6. The molecule has 1 aliphatic carbocycles. The number of hydrogen-bond acceptors (Lipinski definition) is 5. The largest absolute Gasteiger partial charge is 0.347 e. The second-order valence-corrected chi connectivity index (χ2v) is 7.58. The molecule has 0 radical (unpaired) electrons. The number of anilines is 1. The molecule has 0 fully saturated rings. The number of rotatable bonds is 4. The number of amides is 1. The summed E-state index contributed by atoms with van der Waals surface area (Å²) in [5, 5.41) is 3.01. The Morgan fingerprint density at radius 1 is 1.33 bits per heavy atom. The summed E-state index contributed by atoms with van der Waals surface area (Å²) in [5.74, 6) is 0.535. The highest BCUT2D eigenvalue weighted by Gasteiger charge is 2.25. The summed E-state index contributed by atoms with van der Waals surface area (Å²) < 4.78 is 1.56. The lowest BCUT2D eigenvalue weighted by molar-refractivity contribution is 0.0930. The maximum atomic E-state index is 12.8. The fourth-order valence-electron chi connectivity index (χ4n) is 3.54. The van der Waals surface area contributed by atoms with Crippen LogP contribution in [0.4, 0.5) is 5.95 Å². The summed E-state index contributed by atoms with van der Waals surface area (Å²) in [5.41, 5.74) is 2.71. The Hall–Kier alpha value is -2.70. The first kappa shape index (κ1) is 19.1. The van der Waals surface area contributed by atoms with E-state index in [-0.39, 0.29) is 29.0 Å². The topological polar surface area (TPSA) is 80.1 Å². The fourth-order valence-corrected chi connectivity index (χ4v) is 3.54. The van der Waals surface area contributed by atoms with Gasteiger partial charge >= 0.3 is 0 Å². The van der Waals surface area contributed by atoms with Crippen molar-refractivity contribution in [1.29, 1.82) is 0 Å². The van der Waals surface area contributed by atoms with E-state index in [1.807, 2.05) is 38.9 Å². The molecule has 1 aliphatic rings. The van der Waals surface area contributed by atoms with Crippen molar-refractivity contribution in [2.24, 2.45) is 7.05 Å². The van der Waals surface area contributed by atoms with E-state index in [4.69, 9.17) is 0 Å². The molecule has 2 aromatic rings. The Morgan fingerprint density at radius 2 is 2.07 bits per heavy atom. The number of pyridine rings is 1. The molecule has 7 nitrogen and oxygen atoms in total. The monoisotopic (exact) mass is 369 g/mol. The molecule has 0 spiro atoms. The molecule has 27 heavy (non-hydrogen) atoms. The van der Waals surface area contributed by atoms with Crippen LogP contribution in [0, 0.1) is 0 Å². The number of nitrogens with one attached hydrogen (secondary N) is 1. The number of fused-ring (bicyclic) bond motifs is 1. The molecule has 2 heterocycles. The van der Waals surface area contributed by atoms with Gasteiger partial charge in [0.2, 0.25) is 5.95 Å². The first-order chi connectivity index (χ1) is 12.8. The second-order valence-electron chi connectivity index (χ2n) is 7.58. The molecule has 1 amide bonds. The van der Waals surface area contributed by atoms with Crippen LogP contribution >= 0.6 is 0 Å². The maximum absolute atomic E-state index is 12.8. The van der Waals surface area contributed by atoms with Gasteiger partial charge in [-0.1, -0.05) is 13.8 Å². The van der Waals surface area contributed by atoms with Crippen LogP contribution in [0.15, 0.2) is 23.1 Å². The van der Waals surface area contributed by atoms with Gasteiger partial charge in [-0.2, -0.15) is 0 Å². The van der Waals surface area contributed by atoms with E-state index in [1.165, 1.54) is 0 Å². The van der Waals surface area contributed by atoms with Crippen molar-refractivity contribution in [2.45, 2.75) is 45.1 Å². The van der Waals surface area contributed by atoms with E-state index in [0.29, 0.717) is 5.95 Å². The Bertz CT molecular complexity index is 917. The minimum absolute atomic E-state index is 0.167. The second kappa shape index (κ2) is 7.50. The van der Waals surface area contributed by atoms with Crippen molar-refractivity contribution in [2.75, 3.05) is 19.0 Å². The standard InChI is InChI=1S/C20H27N5O2/c1-12(2)17-10-9-13(19(27)25(17)5)18(26)22-15-7-6-8-16-14(15)11-21-20(23-16)24(3)4/h9-12,15H,6-8H2,1-5H3,(H,22,26)/t15-/m1/s1. The van der Waals surface area contributed by atoms with Crippen molar-refractivity contribution < 1.29 is 4.79 Å². The molecule has 1 N–H and O–H groups in total. The van der Waals surface area contributed by atoms with Crippen LogP contribution in [0.5, 0.6) is 0 Å². The van der Waals surface area contributed by atoms with Crippen molar-refractivity contribution >= 4 is 11.9 Å². The van der Waals surface area contributed by atoms with Crippen molar-refractivity contribution in [3.63, 3.8) is 0 Å². The summed E-state index contributed by atoms with van der Waals surface area (Å²) in [6.07, 6.45) is 4.41. The highest BCUT2D eigenvalue weighted by Crippen LogP contribution is 2.29. The smallest absolute Gasteiger partial charge is 0.263 e. The molecule has 0 bridgehead atoms. The first-order valence-electron chi connectivity index (χ1n) is 9.33. The van der Waals surface area contributed by atoms with Crippen LogP contribution in [0.1, 0.15) is 66.0 Å². The van der Waals surface area contributed by atoms with Crippen molar-refractivity contribution in [3.05, 3.63) is 51.2 Å². The van der Waals surface area contributed by atoms with E-state index in [2.05, 4.69) is 15.3 Å². The molecule has 0 saturated heterocycles. The average molecular weight is 369 g/mol. The van der Waals surface area contributed by atoms with Gasteiger partial charge in [0.25, 0.3) is 11.5 Å². The van der Waals surface area contributed by atoms with Gasteiger partial charge in [-0.05, 0) is 37.3 Å². The Kier molecular flexibility index (Phi) is 5.30. The van der Waals surface area contributed by atoms with Crippen LogP contribution in [0.2, 0.25) is 0 Å². The van der Waals surface area contributed by atoms with Crippen molar-refractivity contribution in [1.82, 2.24) is 19.9 Å². The lowest BCUT2D eigenvalue weighted by atomic mass is 9.92. The van der Waals surface area contributed by atoms with E-state index in [1.54, 1.807) is 23.9 Å². The van der Waals surface area contributed by atoms with Gasteiger partial charge in [0.05, 0.1) is 11.7 Å². The number of aryl methyl sites for hydroxylation is 1. The molecule has 3 rings (SSSR count). The highest BCUT2D eigenvalue weighted by atomic mass is 16.2. The Balaban J connectivity index is 1.86. The molecule has 7 heteroatoms. The van der Waals surface area contributed by atoms with Gasteiger partial charge in [-0.25, -0.2) is 9.97 Å². The molecule has 0 saturated carbocycles. The number of carbonyl (C=O) groups is 1. The molecule has 0 aromatic carbocycles. The summed E-state index contributed by atoms with van der Waals surface area (Å²) in [7, 11) is 5.52.